The number of rotatable bonds is 4. The van der Waals surface area contributed by atoms with Crippen LogP contribution in [0.3, 0.4) is 0 Å². The van der Waals surface area contributed by atoms with E-state index in [1.165, 1.54) is 24.4 Å². The van der Waals surface area contributed by atoms with Crippen LogP contribution in [0, 0.1) is 11.8 Å². The lowest BCUT2D eigenvalue weighted by Crippen LogP contribution is -2.08. The first-order chi connectivity index (χ1) is 8.65. The summed E-state index contributed by atoms with van der Waals surface area (Å²) in [7, 11) is 0. The largest absolute Gasteiger partial charge is 0.299 e. The number of hydrogen-bond donors (Lipinski definition) is 0. The predicted octanol–water partition coefficient (Wildman–Crippen LogP) is 2.71. The summed E-state index contributed by atoms with van der Waals surface area (Å²) in [6, 6.07) is 8.81. The Morgan fingerprint density at radius 2 is 1.78 bits per heavy atom. The number of pyridine rings is 1. The summed E-state index contributed by atoms with van der Waals surface area (Å²) < 4.78 is 25.9. The zero-order chi connectivity index (χ0) is 13.0. The first-order valence-electron chi connectivity index (χ1n) is 5.50. The molecular weight excluding hydrogens is 236 g/mol. The molecule has 0 fully saturated rings. The Balaban J connectivity index is 2.01. The molecule has 0 radical (unpaired) electrons. The summed E-state index contributed by atoms with van der Waals surface area (Å²) in [5.74, 6) is -1.09. The molecular formula is C14H11F2NO. The van der Waals surface area contributed by atoms with Gasteiger partial charge in [0.25, 0.3) is 0 Å². The van der Waals surface area contributed by atoms with Crippen molar-refractivity contribution in [2.75, 3.05) is 0 Å². The van der Waals surface area contributed by atoms with Crippen LogP contribution in [0.25, 0.3) is 0 Å². The summed E-state index contributed by atoms with van der Waals surface area (Å²) in [6.45, 7) is 0. The molecule has 0 atom stereocenters. The van der Waals surface area contributed by atoms with Crippen molar-refractivity contribution in [1.29, 1.82) is 0 Å². The number of nitrogens with zero attached hydrogens (tertiary/aromatic N) is 1. The first-order valence-corrected chi connectivity index (χ1v) is 5.50. The van der Waals surface area contributed by atoms with E-state index in [2.05, 4.69) is 4.98 Å². The number of carbonyl (C=O) groups excluding carboxylic acids is 1. The molecule has 1 aromatic heterocycles. The van der Waals surface area contributed by atoms with Crippen LogP contribution in [0.2, 0.25) is 0 Å². The Hall–Kier alpha value is -2.10. The van der Waals surface area contributed by atoms with Crippen molar-refractivity contribution in [2.45, 2.75) is 12.8 Å². The standard InChI is InChI=1S/C14H11F2NO/c15-12-5-3-10(4-6-12)8-13(18)9-11-2-1-7-17-14(11)16/h1-7H,8-9H2. The number of carbonyl (C=O) groups is 1. The van der Waals surface area contributed by atoms with Crippen molar-refractivity contribution in [2.24, 2.45) is 0 Å². The van der Waals surface area contributed by atoms with E-state index < -0.39 is 5.95 Å². The number of Topliss-reactive ketones (excluding diaryl/α,β-unsaturated/α-hetero) is 1. The van der Waals surface area contributed by atoms with E-state index in [9.17, 15) is 13.6 Å². The van der Waals surface area contributed by atoms with Gasteiger partial charge in [0.1, 0.15) is 11.6 Å². The lowest BCUT2D eigenvalue weighted by Gasteiger charge is -2.02. The van der Waals surface area contributed by atoms with Crippen molar-refractivity contribution < 1.29 is 13.6 Å². The van der Waals surface area contributed by atoms with Crippen LogP contribution in [-0.2, 0) is 17.6 Å². The van der Waals surface area contributed by atoms with Crippen LogP contribution in [0.5, 0.6) is 0 Å². The molecule has 0 saturated carbocycles. The second-order valence-electron chi connectivity index (χ2n) is 3.97. The fraction of sp³-hybridized carbons (Fsp3) is 0.143. The van der Waals surface area contributed by atoms with Gasteiger partial charge in [0.05, 0.1) is 0 Å². The van der Waals surface area contributed by atoms with Gasteiger partial charge in [-0.15, -0.1) is 0 Å². The number of aromatic nitrogens is 1. The van der Waals surface area contributed by atoms with Gasteiger partial charge in [0.2, 0.25) is 5.95 Å². The molecule has 0 bridgehead atoms. The zero-order valence-electron chi connectivity index (χ0n) is 9.57. The van der Waals surface area contributed by atoms with Gasteiger partial charge in [0.15, 0.2) is 0 Å². The zero-order valence-corrected chi connectivity index (χ0v) is 9.57. The van der Waals surface area contributed by atoms with Gasteiger partial charge in [-0.3, -0.25) is 4.79 Å². The van der Waals surface area contributed by atoms with Gasteiger partial charge in [0, 0.05) is 24.6 Å². The fourth-order valence-corrected chi connectivity index (χ4v) is 1.66. The summed E-state index contributed by atoms with van der Waals surface area (Å²) in [6.07, 6.45) is 1.49. The van der Waals surface area contributed by atoms with Crippen molar-refractivity contribution in [3.63, 3.8) is 0 Å². The summed E-state index contributed by atoms with van der Waals surface area (Å²) >= 11 is 0. The lowest BCUT2D eigenvalue weighted by atomic mass is 10.0. The maximum absolute atomic E-state index is 13.2. The summed E-state index contributed by atoms with van der Waals surface area (Å²) in [4.78, 5) is 15.2. The Bertz CT molecular complexity index is 552. The molecule has 18 heavy (non-hydrogen) atoms. The second kappa shape index (κ2) is 5.49. The van der Waals surface area contributed by atoms with Crippen LogP contribution in [0.4, 0.5) is 8.78 Å². The van der Waals surface area contributed by atoms with Crippen molar-refractivity contribution in [1.82, 2.24) is 4.98 Å². The highest BCUT2D eigenvalue weighted by Crippen LogP contribution is 2.08. The lowest BCUT2D eigenvalue weighted by molar-refractivity contribution is -0.117. The van der Waals surface area contributed by atoms with E-state index in [-0.39, 0.29) is 30.0 Å². The SMILES string of the molecule is O=C(Cc1ccc(F)cc1)Cc1cccnc1F. The van der Waals surface area contributed by atoms with Crippen molar-refractivity contribution >= 4 is 5.78 Å². The van der Waals surface area contributed by atoms with Gasteiger partial charge in [-0.2, -0.15) is 4.39 Å². The van der Waals surface area contributed by atoms with Crippen LogP contribution in [0.1, 0.15) is 11.1 Å². The van der Waals surface area contributed by atoms with Gasteiger partial charge in [-0.25, -0.2) is 9.37 Å². The minimum absolute atomic E-state index is 0.00293. The van der Waals surface area contributed by atoms with E-state index in [0.29, 0.717) is 5.56 Å². The third kappa shape index (κ3) is 3.20. The minimum atomic E-state index is -0.620. The molecule has 0 spiro atoms. The Kier molecular flexibility index (Phi) is 3.77. The fourth-order valence-electron chi connectivity index (χ4n) is 1.66. The smallest absolute Gasteiger partial charge is 0.216 e. The molecule has 0 unspecified atom stereocenters. The third-order valence-corrected chi connectivity index (χ3v) is 2.54. The average Bonchev–Trinajstić information content (AvgIpc) is 2.35. The van der Waals surface area contributed by atoms with Crippen LogP contribution in [0.15, 0.2) is 42.6 Å². The summed E-state index contributed by atoms with van der Waals surface area (Å²) in [5, 5.41) is 0. The third-order valence-electron chi connectivity index (χ3n) is 2.54. The normalized spacial score (nSPS) is 10.3. The quantitative estimate of drug-likeness (QED) is 0.777. The molecule has 1 heterocycles. The molecule has 2 rings (SSSR count). The van der Waals surface area contributed by atoms with Gasteiger partial charge >= 0.3 is 0 Å². The Morgan fingerprint density at radius 3 is 2.44 bits per heavy atom. The van der Waals surface area contributed by atoms with E-state index >= 15 is 0 Å². The van der Waals surface area contributed by atoms with E-state index in [4.69, 9.17) is 0 Å². The van der Waals surface area contributed by atoms with Crippen LogP contribution >= 0.6 is 0 Å². The minimum Gasteiger partial charge on any atom is -0.299 e. The summed E-state index contributed by atoms with van der Waals surface area (Å²) in [5.41, 5.74) is 0.996. The topological polar surface area (TPSA) is 30.0 Å². The van der Waals surface area contributed by atoms with E-state index in [1.54, 1.807) is 18.2 Å². The average molecular weight is 247 g/mol. The van der Waals surface area contributed by atoms with E-state index in [0.717, 1.165) is 0 Å². The molecule has 2 nitrogen and oxygen atoms in total. The Morgan fingerprint density at radius 1 is 1.06 bits per heavy atom. The maximum atomic E-state index is 13.2. The highest BCUT2D eigenvalue weighted by molar-refractivity contribution is 5.83. The first kappa shape index (κ1) is 12.4. The number of hydrogen-bond acceptors (Lipinski definition) is 2. The number of halogens is 2. The van der Waals surface area contributed by atoms with Gasteiger partial charge < -0.3 is 0 Å². The maximum Gasteiger partial charge on any atom is 0.216 e. The molecule has 92 valence electrons. The molecule has 0 amide bonds. The van der Waals surface area contributed by atoms with E-state index in [1.807, 2.05) is 0 Å². The van der Waals surface area contributed by atoms with Crippen LogP contribution < -0.4 is 0 Å². The predicted molar refractivity (Wildman–Crippen MR) is 63.0 cm³/mol. The molecule has 4 heteroatoms. The van der Waals surface area contributed by atoms with Crippen LogP contribution in [-0.4, -0.2) is 10.8 Å². The Labute approximate surface area is 103 Å². The highest BCUT2D eigenvalue weighted by Gasteiger charge is 2.09. The second-order valence-corrected chi connectivity index (χ2v) is 3.97. The monoisotopic (exact) mass is 247 g/mol. The molecule has 0 aliphatic rings. The molecule has 1 aromatic carbocycles. The van der Waals surface area contributed by atoms with Crippen molar-refractivity contribution in [3.05, 3.63) is 65.5 Å². The highest BCUT2D eigenvalue weighted by atomic mass is 19.1. The molecule has 0 saturated heterocycles. The molecule has 0 aliphatic heterocycles. The molecule has 2 aromatic rings. The van der Waals surface area contributed by atoms with Crippen molar-refractivity contribution in [3.8, 4) is 0 Å². The van der Waals surface area contributed by atoms with Gasteiger partial charge in [-0.05, 0) is 23.8 Å². The molecule has 0 N–H and O–H groups in total. The number of ketones is 1. The number of benzene rings is 1. The van der Waals surface area contributed by atoms with Gasteiger partial charge in [-0.1, -0.05) is 18.2 Å². The molecule has 0 aliphatic carbocycles.